The van der Waals surface area contributed by atoms with Crippen LogP contribution >= 0.6 is 11.6 Å². The fraction of sp³-hybridized carbons (Fsp3) is 0.286. The molecule has 23 heavy (non-hydrogen) atoms. The van der Waals surface area contributed by atoms with E-state index >= 15 is 0 Å². The number of nitrogens with one attached hydrogen (secondary N) is 2. The van der Waals surface area contributed by atoms with Crippen LogP contribution in [0.4, 0.5) is 5.82 Å². The summed E-state index contributed by atoms with van der Waals surface area (Å²) in [6.45, 7) is 0. The van der Waals surface area contributed by atoms with Gasteiger partial charge in [0.25, 0.3) is 5.91 Å². The van der Waals surface area contributed by atoms with Crippen LogP contribution in [0, 0.1) is 0 Å². The van der Waals surface area contributed by atoms with Gasteiger partial charge in [-0.3, -0.25) is 9.48 Å². The molecule has 1 fully saturated rings. The van der Waals surface area contributed by atoms with Gasteiger partial charge in [0.05, 0.1) is 5.02 Å². The highest BCUT2D eigenvalue weighted by atomic mass is 35.5. The molecule has 2 aromatic rings. The third-order valence-corrected chi connectivity index (χ3v) is 5.34. The summed E-state index contributed by atoms with van der Waals surface area (Å²) >= 11 is 5.99. The number of nitrogens with zero attached hydrogens (tertiary/aromatic N) is 2. The molecule has 0 bridgehead atoms. The second-order valence-electron chi connectivity index (χ2n) is 5.37. The maximum absolute atomic E-state index is 12.3. The van der Waals surface area contributed by atoms with Crippen LogP contribution in [0.5, 0.6) is 0 Å². The zero-order valence-corrected chi connectivity index (χ0v) is 13.9. The summed E-state index contributed by atoms with van der Waals surface area (Å²) in [5.41, 5.74) is 0.191. The zero-order valence-electron chi connectivity index (χ0n) is 12.3. The van der Waals surface area contributed by atoms with Gasteiger partial charge in [-0.1, -0.05) is 11.6 Å². The number of sulfonamides is 1. The number of anilines is 1. The summed E-state index contributed by atoms with van der Waals surface area (Å²) in [6.07, 6.45) is 3.32. The van der Waals surface area contributed by atoms with E-state index in [1.807, 2.05) is 0 Å². The lowest BCUT2D eigenvalue weighted by molar-refractivity contribution is 0.102. The molecule has 7 nitrogen and oxygen atoms in total. The van der Waals surface area contributed by atoms with Crippen molar-refractivity contribution in [3.8, 4) is 0 Å². The van der Waals surface area contributed by atoms with Crippen molar-refractivity contribution in [2.75, 3.05) is 5.32 Å². The number of carbonyl (C=O) groups excluding carboxylic acids is 1. The van der Waals surface area contributed by atoms with Gasteiger partial charge in [-0.25, -0.2) is 13.1 Å². The molecule has 1 amide bonds. The van der Waals surface area contributed by atoms with Crippen molar-refractivity contribution >= 4 is 33.3 Å². The summed E-state index contributed by atoms with van der Waals surface area (Å²) in [7, 11) is -2.01. The van der Waals surface area contributed by atoms with Gasteiger partial charge in [0, 0.05) is 30.9 Å². The highest BCUT2D eigenvalue weighted by Gasteiger charge is 2.29. The topological polar surface area (TPSA) is 93.1 Å². The minimum atomic E-state index is -3.73. The molecule has 0 spiro atoms. The maximum atomic E-state index is 12.3. The molecule has 1 saturated carbocycles. The van der Waals surface area contributed by atoms with Gasteiger partial charge in [-0.2, -0.15) is 5.10 Å². The van der Waals surface area contributed by atoms with E-state index in [2.05, 4.69) is 15.1 Å². The standard InChI is InChI=1S/C14H15ClN4O3S/c1-19-7-6-13(17-19)16-14(20)9-2-5-11(15)12(8-9)23(21,22)18-10-3-4-10/h2,5-8,10,18H,3-4H2,1H3,(H,16,17,20). The first-order valence-electron chi connectivity index (χ1n) is 6.98. The number of rotatable bonds is 5. The van der Waals surface area contributed by atoms with Crippen LogP contribution in [-0.4, -0.2) is 30.1 Å². The fourth-order valence-corrected chi connectivity index (χ4v) is 3.84. The van der Waals surface area contributed by atoms with Crippen molar-refractivity contribution in [1.29, 1.82) is 0 Å². The molecular formula is C14H15ClN4O3S. The van der Waals surface area contributed by atoms with Crippen molar-refractivity contribution in [1.82, 2.24) is 14.5 Å². The molecule has 2 N–H and O–H groups in total. The van der Waals surface area contributed by atoms with E-state index in [9.17, 15) is 13.2 Å². The Kier molecular flexibility index (Phi) is 4.13. The Hall–Kier alpha value is -1.90. The summed E-state index contributed by atoms with van der Waals surface area (Å²) in [5.74, 6) is -0.0730. The van der Waals surface area contributed by atoms with Gasteiger partial charge >= 0.3 is 0 Å². The highest BCUT2D eigenvalue weighted by Crippen LogP contribution is 2.27. The number of aromatic nitrogens is 2. The van der Waals surface area contributed by atoms with E-state index in [1.54, 1.807) is 24.0 Å². The molecule has 1 aromatic carbocycles. The van der Waals surface area contributed by atoms with Crippen molar-refractivity contribution in [3.05, 3.63) is 41.0 Å². The van der Waals surface area contributed by atoms with Crippen LogP contribution < -0.4 is 10.0 Å². The van der Waals surface area contributed by atoms with Crippen LogP contribution in [-0.2, 0) is 17.1 Å². The zero-order chi connectivity index (χ0) is 16.6. The molecule has 0 aliphatic heterocycles. The summed E-state index contributed by atoms with van der Waals surface area (Å²) in [6, 6.07) is 5.74. The van der Waals surface area contributed by atoms with Gasteiger partial charge in [-0.15, -0.1) is 0 Å². The first-order chi connectivity index (χ1) is 10.8. The molecule has 3 rings (SSSR count). The van der Waals surface area contributed by atoms with Gasteiger partial charge in [0.1, 0.15) is 4.90 Å². The van der Waals surface area contributed by atoms with Crippen molar-refractivity contribution in [2.45, 2.75) is 23.8 Å². The SMILES string of the molecule is Cn1ccc(NC(=O)c2ccc(Cl)c(S(=O)(=O)NC3CC3)c2)n1. The Morgan fingerprint density at radius 3 is 2.70 bits per heavy atom. The van der Waals surface area contributed by atoms with E-state index in [1.165, 1.54) is 18.2 Å². The predicted octanol–water partition coefficient (Wildman–Crippen LogP) is 1.77. The Labute approximate surface area is 138 Å². The molecular weight excluding hydrogens is 340 g/mol. The monoisotopic (exact) mass is 354 g/mol. The van der Waals surface area contributed by atoms with Crippen LogP contribution in [0.25, 0.3) is 0 Å². The molecule has 1 heterocycles. The van der Waals surface area contributed by atoms with Gasteiger partial charge < -0.3 is 5.32 Å². The predicted molar refractivity (Wildman–Crippen MR) is 86.0 cm³/mol. The normalized spacial score (nSPS) is 14.7. The van der Waals surface area contributed by atoms with Crippen LogP contribution in [0.3, 0.4) is 0 Å². The molecule has 0 unspecified atom stereocenters. The molecule has 1 aromatic heterocycles. The second kappa shape index (κ2) is 5.95. The lowest BCUT2D eigenvalue weighted by Gasteiger charge is -2.09. The lowest BCUT2D eigenvalue weighted by atomic mass is 10.2. The Bertz CT molecular complexity index is 859. The number of hydrogen-bond acceptors (Lipinski definition) is 4. The Balaban J connectivity index is 1.85. The maximum Gasteiger partial charge on any atom is 0.256 e. The molecule has 1 aliphatic carbocycles. The lowest BCUT2D eigenvalue weighted by Crippen LogP contribution is -2.26. The largest absolute Gasteiger partial charge is 0.305 e. The van der Waals surface area contributed by atoms with Gasteiger partial charge in [0.2, 0.25) is 10.0 Å². The average molecular weight is 355 g/mol. The van der Waals surface area contributed by atoms with Gasteiger partial charge in [0.15, 0.2) is 5.82 Å². The van der Waals surface area contributed by atoms with E-state index in [0.29, 0.717) is 5.82 Å². The first-order valence-corrected chi connectivity index (χ1v) is 8.84. The van der Waals surface area contributed by atoms with Crippen LogP contribution in [0.2, 0.25) is 5.02 Å². The average Bonchev–Trinajstić information content (AvgIpc) is 3.19. The number of carbonyl (C=O) groups is 1. The van der Waals surface area contributed by atoms with E-state index in [0.717, 1.165) is 12.8 Å². The van der Waals surface area contributed by atoms with E-state index < -0.39 is 15.9 Å². The van der Waals surface area contributed by atoms with Crippen LogP contribution in [0.15, 0.2) is 35.4 Å². The Morgan fingerprint density at radius 2 is 2.09 bits per heavy atom. The van der Waals surface area contributed by atoms with Crippen molar-refractivity contribution < 1.29 is 13.2 Å². The van der Waals surface area contributed by atoms with Crippen molar-refractivity contribution in [2.24, 2.45) is 7.05 Å². The van der Waals surface area contributed by atoms with Gasteiger partial charge in [-0.05, 0) is 31.0 Å². The minimum Gasteiger partial charge on any atom is -0.305 e. The van der Waals surface area contributed by atoms with E-state index in [-0.39, 0.29) is 21.5 Å². The molecule has 1 aliphatic rings. The summed E-state index contributed by atoms with van der Waals surface area (Å²) < 4.78 is 28.7. The number of hydrogen-bond donors (Lipinski definition) is 2. The quantitative estimate of drug-likeness (QED) is 0.855. The van der Waals surface area contributed by atoms with E-state index in [4.69, 9.17) is 11.6 Å². The number of benzene rings is 1. The molecule has 0 saturated heterocycles. The molecule has 0 radical (unpaired) electrons. The highest BCUT2D eigenvalue weighted by molar-refractivity contribution is 7.89. The number of amides is 1. The third kappa shape index (κ3) is 3.72. The molecule has 122 valence electrons. The summed E-state index contributed by atoms with van der Waals surface area (Å²) in [5, 5.41) is 6.72. The number of halogens is 1. The van der Waals surface area contributed by atoms with Crippen molar-refractivity contribution in [3.63, 3.8) is 0 Å². The Morgan fingerprint density at radius 1 is 1.35 bits per heavy atom. The smallest absolute Gasteiger partial charge is 0.256 e. The number of aryl methyl sites for hydroxylation is 1. The fourth-order valence-electron chi connectivity index (χ4n) is 2.00. The molecule has 0 atom stereocenters. The molecule has 9 heteroatoms. The minimum absolute atomic E-state index is 0.0398. The summed E-state index contributed by atoms with van der Waals surface area (Å²) in [4.78, 5) is 12.1. The first kappa shape index (κ1) is 16.0. The van der Waals surface area contributed by atoms with Crippen LogP contribution in [0.1, 0.15) is 23.2 Å². The third-order valence-electron chi connectivity index (χ3n) is 3.34. The second-order valence-corrected chi connectivity index (χ2v) is 7.46.